The highest BCUT2D eigenvalue weighted by molar-refractivity contribution is 5.76. The Labute approximate surface area is 364 Å². The lowest BCUT2D eigenvalue weighted by Gasteiger charge is -2.39. The van der Waals surface area contributed by atoms with E-state index in [1.165, 1.54) is 0 Å². The molecule has 0 unspecified atom stereocenters. The zero-order chi connectivity index (χ0) is 45.2. The van der Waals surface area contributed by atoms with Gasteiger partial charge in [-0.3, -0.25) is 9.59 Å². The molecule has 2 fully saturated rings. The van der Waals surface area contributed by atoms with Crippen molar-refractivity contribution in [2.75, 3.05) is 13.2 Å². The van der Waals surface area contributed by atoms with Crippen LogP contribution in [0.15, 0.2) is 84.9 Å². The van der Waals surface area contributed by atoms with Crippen molar-refractivity contribution in [2.24, 2.45) is 0 Å². The topological polar surface area (TPSA) is 273 Å². The van der Waals surface area contributed by atoms with Crippen molar-refractivity contribution in [3.8, 4) is 33.8 Å². The van der Waals surface area contributed by atoms with E-state index in [1.807, 2.05) is 36.4 Å². The minimum Gasteiger partial charge on any atom is -0.481 e. The van der Waals surface area contributed by atoms with Gasteiger partial charge in [-0.05, 0) is 83.3 Å². The van der Waals surface area contributed by atoms with Gasteiger partial charge in [-0.25, -0.2) is 0 Å². The van der Waals surface area contributed by atoms with Gasteiger partial charge in [-0.15, -0.1) is 0 Å². The smallest absolute Gasteiger partial charge is 0.307 e. The molecule has 0 radical (unpaired) electrons. The van der Waals surface area contributed by atoms with E-state index in [9.17, 15) is 60.7 Å². The molecule has 0 amide bonds. The van der Waals surface area contributed by atoms with Gasteiger partial charge in [0.1, 0.15) is 60.3 Å². The monoisotopic (exact) mass is 876 g/mol. The number of aryl methyl sites for hydroxylation is 2. The van der Waals surface area contributed by atoms with Crippen LogP contribution < -0.4 is 9.47 Å². The number of aliphatic hydroxyl groups excluding tert-OH is 8. The van der Waals surface area contributed by atoms with Gasteiger partial charge in [-0.1, -0.05) is 79.9 Å². The Hall–Kier alpha value is -4.98. The fourth-order valence-electron chi connectivity index (χ4n) is 7.94. The molecule has 2 heterocycles. The second-order valence-corrected chi connectivity index (χ2v) is 16.1. The van der Waals surface area contributed by atoms with Gasteiger partial charge < -0.3 is 70.0 Å². The molecule has 0 spiro atoms. The SMILES string of the molecule is O=C(O)Cc1cccc(-c2cc(CCCCCCCc3ccc(O[C@H]4O[C@H](CO)[C@@H](O)[C@H](O)[C@@H]4O)c(-c4cccc(CC(=O)O)c4)c3)ccc2O[C@H]2O[C@H](CO)[C@@H](O)[C@H](O)[C@@H]2O)c1. The molecule has 340 valence electrons. The third-order valence-corrected chi connectivity index (χ3v) is 11.4. The summed E-state index contributed by atoms with van der Waals surface area (Å²) >= 11 is 0. The molecular formula is C47H56O16. The van der Waals surface area contributed by atoms with Gasteiger partial charge in [0.2, 0.25) is 12.6 Å². The maximum Gasteiger partial charge on any atom is 0.307 e. The van der Waals surface area contributed by atoms with Gasteiger partial charge in [-0.2, -0.15) is 0 Å². The van der Waals surface area contributed by atoms with Crippen LogP contribution >= 0.6 is 0 Å². The van der Waals surface area contributed by atoms with E-state index in [2.05, 4.69) is 0 Å². The summed E-state index contributed by atoms with van der Waals surface area (Å²) < 4.78 is 23.3. The lowest BCUT2D eigenvalue weighted by molar-refractivity contribution is -0.277. The van der Waals surface area contributed by atoms with E-state index < -0.39 is 86.6 Å². The molecule has 4 aromatic rings. The first-order chi connectivity index (χ1) is 30.3. The minimum atomic E-state index is -1.62. The molecule has 6 rings (SSSR count). The Bertz CT molecular complexity index is 1990. The Morgan fingerprint density at radius 2 is 0.873 bits per heavy atom. The van der Waals surface area contributed by atoms with Crippen molar-refractivity contribution in [2.45, 2.75) is 119 Å². The molecule has 4 aromatic carbocycles. The summed E-state index contributed by atoms with van der Waals surface area (Å²) in [7, 11) is 0. The number of carbonyl (C=O) groups is 2. The number of unbranched alkanes of at least 4 members (excludes halogenated alkanes) is 4. The van der Waals surface area contributed by atoms with E-state index in [4.69, 9.17) is 18.9 Å². The van der Waals surface area contributed by atoms with Crippen molar-refractivity contribution < 1.29 is 79.6 Å². The van der Waals surface area contributed by atoms with Crippen LogP contribution in [-0.2, 0) is 44.7 Å². The Kier molecular flexibility index (Phi) is 16.6. The molecular weight excluding hydrogens is 821 g/mol. The van der Waals surface area contributed by atoms with E-state index in [-0.39, 0.29) is 12.8 Å². The molecule has 10 atom stereocenters. The van der Waals surface area contributed by atoms with Crippen LogP contribution in [0, 0.1) is 0 Å². The molecule has 0 aromatic heterocycles. The number of carboxylic acid groups (broad SMARTS) is 2. The van der Waals surface area contributed by atoms with E-state index in [0.29, 0.717) is 44.9 Å². The van der Waals surface area contributed by atoms with Crippen molar-refractivity contribution in [1.82, 2.24) is 0 Å². The fourth-order valence-corrected chi connectivity index (χ4v) is 7.94. The molecule has 2 saturated heterocycles. The van der Waals surface area contributed by atoms with Crippen LogP contribution in [0.3, 0.4) is 0 Å². The number of benzene rings is 4. The third-order valence-electron chi connectivity index (χ3n) is 11.4. The summed E-state index contributed by atoms with van der Waals surface area (Å²) in [5.41, 5.74) is 5.66. The molecule has 0 saturated carbocycles. The second-order valence-electron chi connectivity index (χ2n) is 16.1. The lowest BCUT2D eigenvalue weighted by atomic mass is 9.96. The number of carboxylic acids is 2. The molecule has 2 aliphatic rings. The first-order valence-corrected chi connectivity index (χ1v) is 21.1. The van der Waals surface area contributed by atoms with Crippen molar-refractivity contribution in [1.29, 1.82) is 0 Å². The summed E-state index contributed by atoms with van der Waals surface area (Å²) in [5.74, 6) is -1.39. The van der Waals surface area contributed by atoms with Gasteiger partial charge in [0, 0.05) is 11.1 Å². The van der Waals surface area contributed by atoms with Crippen LogP contribution in [0.2, 0.25) is 0 Å². The summed E-state index contributed by atoms with van der Waals surface area (Å²) in [6.45, 7) is -1.22. The fraction of sp³-hybridized carbons (Fsp3) is 0.447. The van der Waals surface area contributed by atoms with Gasteiger partial charge >= 0.3 is 11.9 Å². The van der Waals surface area contributed by atoms with Crippen LogP contribution in [0.1, 0.15) is 54.4 Å². The number of hydrogen-bond acceptors (Lipinski definition) is 14. The standard InChI is InChI=1S/C47H56O16/c48-24-36-40(54)42(56)44(58)46(62-36)60-34-16-14-26(20-32(34)30-12-6-10-28(18-30)22-38(50)51)8-4-2-1-3-5-9-27-15-17-35(61-47-45(59)43(57)41(55)37(25-49)63-47)33(21-27)31-13-7-11-29(19-31)23-39(52)53/h6-7,10-21,36-37,40-49,54-59H,1-5,8-9,22-25H2,(H,50,51)(H,52,53)/t36-,37-,40-,41-,42+,43+,44+,45+,46+,47+/m1/s1. The van der Waals surface area contributed by atoms with Crippen molar-refractivity contribution in [3.63, 3.8) is 0 Å². The van der Waals surface area contributed by atoms with Gasteiger partial charge in [0.25, 0.3) is 0 Å². The van der Waals surface area contributed by atoms with Crippen LogP contribution in [0.4, 0.5) is 0 Å². The highest BCUT2D eigenvalue weighted by Crippen LogP contribution is 2.37. The van der Waals surface area contributed by atoms with Crippen LogP contribution in [0.25, 0.3) is 22.3 Å². The Morgan fingerprint density at radius 1 is 0.476 bits per heavy atom. The van der Waals surface area contributed by atoms with E-state index >= 15 is 0 Å². The first kappa shape index (κ1) is 47.5. The van der Waals surface area contributed by atoms with E-state index in [0.717, 1.165) is 56.1 Å². The van der Waals surface area contributed by atoms with Gasteiger partial charge in [0.15, 0.2) is 0 Å². The first-order valence-electron chi connectivity index (χ1n) is 21.1. The quantitative estimate of drug-likeness (QED) is 0.0571. The highest BCUT2D eigenvalue weighted by Gasteiger charge is 2.46. The number of aliphatic carboxylic acids is 2. The average Bonchev–Trinajstić information content (AvgIpc) is 3.26. The Morgan fingerprint density at radius 3 is 1.25 bits per heavy atom. The maximum absolute atomic E-state index is 11.5. The number of rotatable bonds is 20. The molecule has 2 aliphatic heterocycles. The third kappa shape index (κ3) is 12.2. The molecule has 63 heavy (non-hydrogen) atoms. The zero-order valence-electron chi connectivity index (χ0n) is 34.6. The Balaban J connectivity index is 1.09. The van der Waals surface area contributed by atoms with Crippen molar-refractivity contribution in [3.05, 3.63) is 107 Å². The van der Waals surface area contributed by atoms with E-state index in [1.54, 1.807) is 48.5 Å². The second kappa shape index (κ2) is 22.1. The van der Waals surface area contributed by atoms with Crippen molar-refractivity contribution >= 4 is 11.9 Å². The molecule has 16 heteroatoms. The molecule has 0 aliphatic carbocycles. The van der Waals surface area contributed by atoms with Gasteiger partial charge in [0.05, 0.1) is 26.1 Å². The summed E-state index contributed by atoms with van der Waals surface area (Å²) in [6, 6.07) is 25.1. The lowest BCUT2D eigenvalue weighted by Crippen LogP contribution is -2.60. The number of hydrogen-bond donors (Lipinski definition) is 10. The maximum atomic E-state index is 11.5. The van der Waals surface area contributed by atoms with Crippen LogP contribution in [-0.4, -0.2) is 138 Å². The normalized spacial score (nSPS) is 26.0. The summed E-state index contributed by atoms with van der Waals surface area (Å²) in [4.78, 5) is 22.9. The molecule has 16 nitrogen and oxygen atoms in total. The largest absolute Gasteiger partial charge is 0.481 e. The predicted molar refractivity (Wildman–Crippen MR) is 226 cm³/mol. The van der Waals surface area contributed by atoms with Crippen LogP contribution in [0.5, 0.6) is 11.5 Å². The zero-order valence-corrected chi connectivity index (χ0v) is 34.6. The molecule has 0 bridgehead atoms. The average molecular weight is 877 g/mol. The predicted octanol–water partition coefficient (Wildman–Crippen LogP) is 2.37. The number of ether oxygens (including phenoxy) is 4. The summed E-state index contributed by atoms with van der Waals surface area (Å²) in [5, 5.41) is 101. The minimum absolute atomic E-state index is 0.189. The molecule has 10 N–H and O–H groups in total. The number of aliphatic hydroxyl groups is 8. The summed E-state index contributed by atoms with van der Waals surface area (Å²) in [6.07, 6.45) is -9.07. The highest BCUT2D eigenvalue weighted by atomic mass is 16.7.